The molecule has 0 aliphatic heterocycles. The van der Waals surface area contributed by atoms with Gasteiger partial charge in [0, 0.05) is 11.1 Å². The Balaban J connectivity index is 1.23. The number of para-hydroxylation sites is 1. The molecule has 1 heterocycles. The number of nitrogens with one attached hydrogen (secondary N) is 2. The molecule has 0 aliphatic carbocycles. The number of carbonyl (C=O) groups is 2. The summed E-state index contributed by atoms with van der Waals surface area (Å²) in [6, 6.07) is 24.0. The molecule has 0 aliphatic rings. The molecule has 188 valence electrons. The number of aryl methyl sites for hydroxylation is 1. The predicted octanol–water partition coefficient (Wildman–Crippen LogP) is 4.25. The van der Waals surface area contributed by atoms with Gasteiger partial charge in [-0.05, 0) is 48.9 Å². The number of ether oxygens (including phenoxy) is 2. The molecule has 0 spiro atoms. The summed E-state index contributed by atoms with van der Waals surface area (Å²) >= 11 is 1.13. The number of carbonyl (C=O) groups excluding carboxylic acids is 2. The van der Waals surface area contributed by atoms with E-state index in [0.29, 0.717) is 40.2 Å². The summed E-state index contributed by atoms with van der Waals surface area (Å²) in [7, 11) is 0. The van der Waals surface area contributed by atoms with Gasteiger partial charge in [0.25, 0.3) is 5.91 Å². The minimum Gasteiger partial charge on any atom is -0.490 e. The lowest BCUT2D eigenvalue weighted by molar-refractivity contribution is -0.120. The third-order valence-electron chi connectivity index (χ3n) is 4.95. The molecule has 0 fully saturated rings. The first-order valence-corrected chi connectivity index (χ1v) is 12.3. The van der Waals surface area contributed by atoms with Gasteiger partial charge in [0.15, 0.2) is 0 Å². The zero-order chi connectivity index (χ0) is 25.9. The van der Waals surface area contributed by atoms with Crippen LogP contribution in [0.3, 0.4) is 0 Å². The average molecular weight is 516 g/mol. The molecule has 0 bridgehead atoms. The Labute approximate surface area is 218 Å². The van der Waals surface area contributed by atoms with E-state index in [-0.39, 0.29) is 18.2 Å². The molecule has 2 amide bonds. The first kappa shape index (κ1) is 25.5. The lowest BCUT2D eigenvalue weighted by Gasteiger charge is -2.10. The van der Waals surface area contributed by atoms with Gasteiger partial charge in [-0.15, -0.1) is 10.2 Å². The van der Waals surface area contributed by atoms with E-state index in [0.717, 1.165) is 22.6 Å². The molecule has 3 aromatic carbocycles. The van der Waals surface area contributed by atoms with Crippen LogP contribution in [-0.2, 0) is 11.2 Å². The number of benzene rings is 3. The van der Waals surface area contributed by atoms with Gasteiger partial charge in [0.2, 0.25) is 11.0 Å². The van der Waals surface area contributed by atoms with E-state index in [1.165, 1.54) is 6.21 Å². The second-order valence-electron chi connectivity index (χ2n) is 7.84. The lowest BCUT2D eigenvalue weighted by atomic mass is 10.2. The number of anilines is 1. The molecule has 10 heteroatoms. The molecular weight excluding hydrogens is 490 g/mol. The highest BCUT2D eigenvalue weighted by molar-refractivity contribution is 7.15. The first-order valence-electron chi connectivity index (χ1n) is 11.5. The van der Waals surface area contributed by atoms with Crippen molar-refractivity contribution >= 4 is 34.5 Å². The highest BCUT2D eigenvalue weighted by Gasteiger charge is 2.12. The summed E-state index contributed by atoms with van der Waals surface area (Å²) < 4.78 is 11.5. The standard InChI is InChI=1S/C27H25N5O4S/c1-19-8-7-12-22(16-19)35-14-15-36-23-13-6-5-11-21(23)18-28-30-24(33)17-25-31-32-27(37-25)29-26(34)20-9-3-2-4-10-20/h2-13,16,18H,14-15,17H2,1H3,(H,30,33)(H,29,32,34)/b28-18-. The van der Waals surface area contributed by atoms with Crippen LogP contribution < -0.4 is 20.2 Å². The summed E-state index contributed by atoms with van der Waals surface area (Å²) in [5.74, 6) is 0.761. The Hall–Kier alpha value is -4.57. The van der Waals surface area contributed by atoms with Crippen molar-refractivity contribution in [2.45, 2.75) is 13.3 Å². The predicted molar refractivity (Wildman–Crippen MR) is 142 cm³/mol. The fraction of sp³-hybridized carbons (Fsp3) is 0.148. The van der Waals surface area contributed by atoms with Gasteiger partial charge in [-0.1, -0.05) is 53.8 Å². The molecule has 0 atom stereocenters. The van der Waals surface area contributed by atoms with E-state index in [4.69, 9.17) is 9.47 Å². The molecule has 4 rings (SSSR count). The van der Waals surface area contributed by atoms with Gasteiger partial charge in [-0.25, -0.2) is 5.43 Å². The van der Waals surface area contributed by atoms with Crippen molar-refractivity contribution in [1.82, 2.24) is 15.6 Å². The van der Waals surface area contributed by atoms with Gasteiger partial charge >= 0.3 is 0 Å². The third-order valence-corrected chi connectivity index (χ3v) is 5.78. The fourth-order valence-corrected chi connectivity index (χ4v) is 3.95. The minimum absolute atomic E-state index is 0.0232. The molecule has 0 saturated carbocycles. The van der Waals surface area contributed by atoms with Gasteiger partial charge in [-0.3, -0.25) is 14.9 Å². The van der Waals surface area contributed by atoms with E-state index in [1.54, 1.807) is 24.3 Å². The van der Waals surface area contributed by atoms with Crippen molar-refractivity contribution in [3.05, 3.63) is 101 Å². The topological polar surface area (TPSA) is 115 Å². The molecule has 0 radical (unpaired) electrons. The number of amides is 2. The quantitative estimate of drug-likeness (QED) is 0.175. The van der Waals surface area contributed by atoms with Crippen LogP contribution in [0.1, 0.15) is 26.5 Å². The summed E-state index contributed by atoms with van der Waals surface area (Å²) in [5, 5.41) is 15.4. The van der Waals surface area contributed by atoms with Gasteiger partial charge in [-0.2, -0.15) is 5.10 Å². The number of hydrogen-bond donors (Lipinski definition) is 2. The Morgan fingerprint density at radius 1 is 0.946 bits per heavy atom. The molecule has 37 heavy (non-hydrogen) atoms. The number of hydrazone groups is 1. The SMILES string of the molecule is Cc1cccc(OCCOc2ccccc2/C=N\NC(=O)Cc2nnc(NC(=O)c3ccccc3)s2)c1. The van der Waals surface area contributed by atoms with Crippen LogP contribution in [0.5, 0.6) is 11.5 Å². The molecule has 4 aromatic rings. The average Bonchev–Trinajstić information content (AvgIpc) is 3.34. The van der Waals surface area contributed by atoms with Crippen LogP contribution >= 0.6 is 11.3 Å². The summed E-state index contributed by atoms with van der Waals surface area (Å²) in [6.45, 7) is 2.75. The maximum Gasteiger partial charge on any atom is 0.257 e. The van der Waals surface area contributed by atoms with Gasteiger partial charge in [0.05, 0.1) is 12.6 Å². The minimum atomic E-state index is -0.363. The van der Waals surface area contributed by atoms with Crippen molar-refractivity contribution in [1.29, 1.82) is 0 Å². The summed E-state index contributed by atoms with van der Waals surface area (Å²) in [5.41, 5.74) is 4.82. The lowest BCUT2D eigenvalue weighted by Crippen LogP contribution is -2.19. The monoisotopic (exact) mass is 515 g/mol. The van der Waals surface area contributed by atoms with E-state index < -0.39 is 0 Å². The van der Waals surface area contributed by atoms with Crippen LogP contribution in [0.15, 0.2) is 84.0 Å². The molecule has 9 nitrogen and oxygen atoms in total. The molecule has 1 aromatic heterocycles. The number of nitrogens with zero attached hydrogens (tertiary/aromatic N) is 3. The Kier molecular flexibility index (Phi) is 8.92. The second-order valence-corrected chi connectivity index (χ2v) is 8.90. The molecule has 0 unspecified atom stereocenters. The van der Waals surface area contributed by atoms with E-state index in [1.807, 2.05) is 61.5 Å². The Bertz CT molecular complexity index is 1370. The fourth-order valence-electron chi connectivity index (χ4n) is 3.22. The highest BCUT2D eigenvalue weighted by Crippen LogP contribution is 2.18. The maximum atomic E-state index is 12.3. The van der Waals surface area contributed by atoms with E-state index >= 15 is 0 Å². The van der Waals surface area contributed by atoms with Crippen molar-refractivity contribution in [3.63, 3.8) is 0 Å². The maximum absolute atomic E-state index is 12.3. The van der Waals surface area contributed by atoms with Crippen molar-refractivity contribution in [3.8, 4) is 11.5 Å². The highest BCUT2D eigenvalue weighted by atomic mass is 32.1. The number of rotatable bonds is 11. The molecule has 2 N–H and O–H groups in total. The Morgan fingerprint density at radius 2 is 1.73 bits per heavy atom. The first-order chi connectivity index (χ1) is 18.1. The van der Waals surface area contributed by atoms with E-state index in [2.05, 4.69) is 26.0 Å². The molecule has 0 saturated heterocycles. The zero-order valence-electron chi connectivity index (χ0n) is 20.1. The summed E-state index contributed by atoms with van der Waals surface area (Å²) in [4.78, 5) is 24.5. The van der Waals surface area contributed by atoms with Gasteiger partial charge in [0.1, 0.15) is 29.7 Å². The normalized spacial score (nSPS) is 10.7. The third kappa shape index (κ3) is 7.97. The smallest absolute Gasteiger partial charge is 0.257 e. The van der Waals surface area contributed by atoms with Crippen LogP contribution in [0.25, 0.3) is 0 Å². The van der Waals surface area contributed by atoms with Crippen LogP contribution in [0.4, 0.5) is 5.13 Å². The number of aromatic nitrogens is 2. The largest absolute Gasteiger partial charge is 0.490 e. The van der Waals surface area contributed by atoms with Gasteiger partial charge < -0.3 is 9.47 Å². The molecular formula is C27H25N5O4S. The number of hydrogen-bond acceptors (Lipinski definition) is 8. The van der Waals surface area contributed by atoms with Crippen molar-refractivity contribution in [2.75, 3.05) is 18.5 Å². The van der Waals surface area contributed by atoms with E-state index in [9.17, 15) is 9.59 Å². The Morgan fingerprint density at radius 3 is 2.57 bits per heavy atom. The van der Waals surface area contributed by atoms with Crippen molar-refractivity contribution in [2.24, 2.45) is 5.10 Å². The van der Waals surface area contributed by atoms with Crippen LogP contribution in [0.2, 0.25) is 0 Å². The second kappa shape index (κ2) is 12.9. The summed E-state index contributed by atoms with van der Waals surface area (Å²) in [6.07, 6.45) is 1.49. The van der Waals surface area contributed by atoms with Crippen molar-refractivity contribution < 1.29 is 19.1 Å². The van der Waals surface area contributed by atoms with Crippen LogP contribution in [-0.4, -0.2) is 41.4 Å². The zero-order valence-corrected chi connectivity index (χ0v) is 20.9. The van der Waals surface area contributed by atoms with Crippen LogP contribution in [0, 0.1) is 6.92 Å².